The van der Waals surface area contributed by atoms with E-state index in [1.165, 1.54) is 0 Å². The number of hydrazine groups is 1. The van der Waals surface area contributed by atoms with Gasteiger partial charge in [0.15, 0.2) is 0 Å². The van der Waals surface area contributed by atoms with Crippen LogP contribution in [0.2, 0.25) is 0 Å². The number of benzene rings is 1. The average Bonchev–Trinajstić information content (AvgIpc) is 2.39. The number of nitrogens with two attached hydrogens (primary N) is 1. The molecule has 18 heavy (non-hydrogen) atoms. The number of nitrogens with one attached hydrogen (secondary N) is 1. The minimum Gasteiger partial charge on any atom is -0.399 e. The van der Waals surface area contributed by atoms with Crippen LogP contribution in [0.3, 0.4) is 0 Å². The molecule has 98 valence electrons. The Hall–Kier alpha value is -1.59. The Balaban J connectivity index is 1.72. The Morgan fingerprint density at radius 3 is 2.61 bits per heavy atom. The number of hydrogen-bond acceptors (Lipinski definition) is 4. The second kappa shape index (κ2) is 6.37. The Morgan fingerprint density at radius 1 is 1.28 bits per heavy atom. The minimum absolute atomic E-state index is 0.0497. The van der Waals surface area contributed by atoms with E-state index in [4.69, 9.17) is 10.5 Å². The highest BCUT2D eigenvalue weighted by Gasteiger charge is 2.12. The third-order valence-electron chi connectivity index (χ3n) is 2.91. The summed E-state index contributed by atoms with van der Waals surface area (Å²) < 4.78 is 5.22. The van der Waals surface area contributed by atoms with Gasteiger partial charge in [0.1, 0.15) is 0 Å². The number of hydrogen-bond donors (Lipinski definition) is 2. The molecule has 1 aromatic rings. The van der Waals surface area contributed by atoms with E-state index in [-0.39, 0.29) is 5.91 Å². The van der Waals surface area contributed by atoms with E-state index >= 15 is 0 Å². The van der Waals surface area contributed by atoms with E-state index in [1.54, 1.807) is 0 Å². The summed E-state index contributed by atoms with van der Waals surface area (Å²) in [5.74, 6) is 0.0497. The van der Waals surface area contributed by atoms with Crippen molar-refractivity contribution in [1.82, 2.24) is 10.4 Å². The summed E-state index contributed by atoms with van der Waals surface area (Å²) in [7, 11) is 0. The third kappa shape index (κ3) is 4.01. The number of morpholine rings is 1. The normalized spacial score (nSPS) is 16.4. The number of nitrogen functional groups attached to an aromatic ring is 1. The van der Waals surface area contributed by atoms with Gasteiger partial charge in [-0.3, -0.25) is 10.2 Å². The van der Waals surface area contributed by atoms with Crippen molar-refractivity contribution in [2.45, 2.75) is 12.8 Å². The second-order valence-electron chi connectivity index (χ2n) is 4.38. The van der Waals surface area contributed by atoms with Crippen molar-refractivity contribution in [2.24, 2.45) is 0 Å². The van der Waals surface area contributed by atoms with Crippen LogP contribution in [0.1, 0.15) is 12.0 Å². The first-order valence-electron chi connectivity index (χ1n) is 6.20. The van der Waals surface area contributed by atoms with E-state index in [1.807, 2.05) is 29.3 Å². The zero-order valence-corrected chi connectivity index (χ0v) is 10.4. The molecule has 5 nitrogen and oxygen atoms in total. The number of rotatable bonds is 4. The molecule has 5 heteroatoms. The molecule has 1 aliphatic rings. The molecule has 0 bridgehead atoms. The molecule has 1 fully saturated rings. The number of amides is 1. The zero-order chi connectivity index (χ0) is 12.8. The maximum atomic E-state index is 11.7. The highest BCUT2D eigenvalue weighted by molar-refractivity contribution is 5.75. The van der Waals surface area contributed by atoms with Crippen molar-refractivity contribution in [1.29, 1.82) is 0 Å². The van der Waals surface area contributed by atoms with E-state index in [0.29, 0.717) is 19.6 Å². The number of aryl methyl sites for hydroxylation is 1. The van der Waals surface area contributed by atoms with Crippen molar-refractivity contribution < 1.29 is 9.53 Å². The Kier molecular flexibility index (Phi) is 4.55. The van der Waals surface area contributed by atoms with Gasteiger partial charge in [0.25, 0.3) is 0 Å². The molecule has 0 radical (unpaired) electrons. The monoisotopic (exact) mass is 249 g/mol. The summed E-state index contributed by atoms with van der Waals surface area (Å²) in [5, 5.41) is 1.91. The maximum Gasteiger partial charge on any atom is 0.234 e. The van der Waals surface area contributed by atoms with Crippen LogP contribution < -0.4 is 11.2 Å². The van der Waals surface area contributed by atoms with Crippen LogP contribution in [0.25, 0.3) is 0 Å². The average molecular weight is 249 g/mol. The van der Waals surface area contributed by atoms with Gasteiger partial charge in [-0.1, -0.05) is 12.1 Å². The van der Waals surface area contributed by atoms with Gasteiger partial charge >= 0.3 is 0 Å². The largest absolute Gasteiger partial charge is 0.399 e. The summed E-state index contributed by atoms with van der Waals surface area (Å²) in [6.07, 6.45) is 1.22. The number of ether oxygens (including phenoxy) is 1. The number of carbonyl (C=O) groups is 1. The standard InChI is InChI=1S/C13H19N3O2/c14-12-4-1-11(2-5-12)3-6-13(17)15-16-7-9-18-10-8-16/h1-2,4-5H,3,6-10,14H2,(H,15,17). The van der Waals surface area contributed by atoms with Crippen LogP contribution in [0.15, 0.2) is 24.3 Å². The van der Waals surface area contributed by atoms with Gasteiger partial charge in [-0.2, -0.15) is 0 Å². The number of anilines is 1. The SMILES string of the molecule is Nc1ccc(CCC(=O)NN2CCOCC2)cc1. The summed E-state index contributed by atoms with van der Waals surface area (Å²) in [6, 6.07) is 7.62. The molecule has 1 aliphatic heterocycles. The molecule has 1 heterocycles. The molecule has 0 unspecified atom stereocenters. The van der Waals surface area contributed by atoms with Crippen molar-refractivity contribution in [3.63, 3.8) is 0 Å². The van der Waals surface area contributed by atoms with E-state index < -0.39 is 0 Å². The summed E-state index contributed by atoms with van der Waals surface area (Å²) >= 11 is 0. The first kappa shape index (κ1) is 12.9. The smallest absolute Gasteiger partial charge is 0.234 e. The van der Waals surface area contributed by atoms with E-state index in [9.17, 15) is 4.79 Å². The Labute approximate surface area is 107 Å². The van der Waals surface area contributed by atoms with Crippen molar-refractivity contribution in [2.75, 3.05) is 32.0 Å². The van der Waals surface area contributed by atoms with Crippen LogP contribution in [-0.4, -0.2) is 37.2 Å². The fourth-order valence-electron chi connectivity index (χ4n) is 1.85. The van der Waals surface area contributed by atoms with Gasteiger partial charge < -0.3 is 10.5 Å². The molecule has 0 saturated carbocycles. The van der Waals surface area contributed by atoms with Crippen molar-refractivity contribution in [3.05, 3.63) is 29.8 Å². The van der Waals surface area contributed by atoms with Crippen molar-refractivity contribution in [3.8, 4) is 0 Å². The van der Waals surface area contributed by atoms with Gasteiger partial charge in [0.05, 0.1) is 13.2 Å². The maximum absolute atomic E-state index is 11.7. The summed E-state index contributed by atoms with van der Waals surface area (Å²) in [4.78, 5) is 11.7. The van der Waals surface area contributed by atoms with Crippen molar-refractivity contribution >= 4 is 11.6 Å². The van der Waals surface area contributed by atoms with Crippen LogP contribution in [-0.2, 0) is 16.0 Å². The van der Waals surface area contributed by atoms with Gasteiger partial charge in [0.2, 0.25) is 5.91 Å². The lowest BCUT2D eigenvalue weighted by Gasteiger charge is -2.26. The number of carbonyl (C=O) groups excluding carboxylic acids is 1. The second-order valence-corrected chi connectivity index (χ2v) is 4.38. The van der Waals surface area contributed by atoms with Gasteiger partial charge in [0, 0.05) is 25.2 Å². The quantitative estimate of drug-likeness (QED) is 0.765. The minimum atomic E-state index is 0.0497. The molecule has 1 saturated heterocycles. The third-order valence-corrected chi connectivity index (χ3v) is 2.91. The lowest BCUT2D eigenvalue weighted by Crippen LogP contribution is -2.48. The summed E-state index contributed by atoms with van der Waals surface area (Å²) in [6.45, 7) is 2.87. The number of nitrogens with zero attached hydrogens (tertiary/aromatic N) is 1. The molecule has 1 aromatic carbocycles. The molecule has 1 amide bonds. The first-order chi connectivity index (χ1) is 8.74. The molecule has 0 spiro atoms. The van der Waals surface area contributed by atoms with Gasteiger partial charge in [-0.15, -0.1) is 0 Å². The van der Waals surface area contributed by atoms with Gasteiger partial charge in [-0.25, -0.2) is 5.01 Å². The van der Waals surface area contributed by atoms with E-state index in [0.717, 1.165) is 30.8 Å². The molecular formula is C13H19N3O2. The first-order valence-corrected chi connectivity index (χ1v) is 6.20. The van der Waals surface area contributed by atoms with E-state index in [2.05, 4.69) is 5.43 Å². The van der Waals surface area contributed by atoms with Crippen LogP contribution in [0, 0.1) is 0 Å². The lowest BCUT2D eigenvalue weighted by atomic mass is 10.1. The predicted molar refractivity (Wildman–Crippen MR) is 69.7 cm³/mol. The molecule has 0 aliphatic carbocycles. The molecule has 2 rings (SSSR count). The Bertz CT molecular complexity index is 386. The predicted octanol–water partition coefficient (Wildman–Crippen LogP) is 0.565. The molecule has 3 N–H and O–H groups in total. The lowest BCUT2D eigenvalue weighted by molar-refractivity contribution is -0.127. The fraction of sp³-hybridized carbons (Fsp3) is 0.462. The van der Waals surface area contributed by atoms with Gasteiger partial charge in [-0.05, 0) is 24.1 Å². The zero-order valence-electron chi connectivity index (χ0n) is 10.4. The highest BCUT2D eigenvalue weighted by Crippen LogP contribution is 2.07. The van der Waals surface area contributed by atoms with Crippen LogP contribution in [0.4, 0.5) is 5.69 Å². The Morgan fingerprint density at radius 2 is 1.94 bits per heavy atom. The summed E-state index contributed by atoms with van der Waals surface area (Å²) in [5.41, 5.74) is 10.4. The highest BCUT2D eigenvalue weighted by atomic mass is 16.5. The molecule has 0 aromatic heterocycles. The fourth-order valence-corrected chi connectivity index (χ4v) is 1.85. The topological polar surface area (TPSA) is 67.6 Å². The molecular weight excluding hydrogens is 230 g/mol. The van der Waals surface area contributed by atoms with Crippen LogP contribution in [0.5, 0.6) is 0 Å². The molecule has 0 atom stereocenters. The van der Waals surface area contributed by atoms with Crippen LogP contribution >= 0.6 is 0 Å².